The van der Waals surface area contributed by atoms with E-state index in [0.717, 1.165) is 17.9 Å². The van der Waals surface area contributed by atoms with Gasteiger partial charge in [-0.2, -0.15) is 0 Å². The second-order valence-corrected chi connectivity index (χ2v) is 7.03. The zero-order chi connectivity index (χ0) is 20.9. The average molecular weight is 401 g/mol. The summed E-state index contributed by atoms with van der Waals surface area (Å²) < 4.78 is 16.6. The van der Waals surface area contributed by atoms with Crippen molar-refractivity contribution in [1.82, 2.24) is 0 Å². The minimum atomic E-state index is -0.131. The van der Waals surface area contributed by atoms with Crippen molar-refractivity contribution in [2.24, 2.45) is 5.92 Å². The lowest BCUT2D eigenvalue weighted by molar-refractivity contribution is -0.114. The Morgan fingerprint density at radius 3 is 2.41 bits per heavy atom. The molecule has 0 saturated heterocycles. The minimum absolute atomic E-state index is 0.131. The van der Waals surface area contributed by atoms with E-state index in [1.165, 1.54) is 0 Å². The first-order valence-corrected chi connectivity index (χ1v) is 10.1. The Bertz CT molecular complexity index is 732. The molecule has 2 aromatic carbocycles. The van der Waals surface area contributed by atoms with E-state index in [1.807, 2.05) is 49.4 Å². The van der Waals surface area contributed by atoms with Gasteiger partial charge >= 0.3 is 0 Å². The van der Waals surface area contributed by atoms with Crippen molar-refractivity contribution < 1.29 is 19.0 Å². The number of rotatable bonds is 13. The Hall–Kier alpha value is -2.73. The summed E-state index contributed by atoms with van der Waals surface area (Å²) in [7, 11) is 0. The summed E-state index contributed by atoms with van der Waals surface area (Å²) in [4.78, 5) is 12.2. The second-order valence-electron chi connectivity index (χ2n) is 7.03. The van der Waals surface area contributed by atoms with E-state index in [4.69, 9.17) is 14.2 Å². The summed E-state index contributed by atoms with van der Waals surface area (Å²) in [6.07, 6.45) is 1.03. The number of hydrogen-bond acceptors (Lipinski definition) is 5. The Labute approximate surface area is 173 Å². The maximum atomic E-state index is 12.2. The number of hydrogen-bond donors (Lipinski definition) is 2. The highest BCUT2D eigenvalue weighted by Crippen LogP contribution is 2.18. The monoisotopic (exact) mass is 400 g/mol. The van der Waals surface area contributed by atoms with Crippen molar-refractivity contribution >= 4 is 17.3 Å². The predicted octanol–water partition coefficient (Wildman–Crippen LogP) is 4.58. The molecule has 2 N–H and O–H groups in total. The molecule has 0 bridgehead atoms. The van der Waals surface area contributed by atoms with Crippen LogP contribution < -0.4 is 20.1 Å². The molecule has 0 spiro atoms. The molecule has 0 fully saturated rings. The highest BCUT2D eigenvalue weighted by atomic mass is 16.5. The Morgan fingerprint density at radius 2 is 1.69 bits per heavy atom. The molecule has 0 atom stereocenters. The standard InChI is InChI=1S/C23H32N2O4/c1-4-27-14-15-29-22-7-5-6-20(16-22)25-23(26)17-24-19-8-10-21(11-9-19)28-13-12-18(2)3/h5-11,16,18,24H,4,12-15,17H2,1-3H3,(H,25,26). The Morgan fingerprint density at radius 1 is 0.931 bits per heavy atom. The van der Waals surface area contributed by atoms with Crippen molar-refractivity contribution in [3.63, 3.8) is 0 Å². The van der Waals surface area contributed by atoms with Gasteiger partial charge in [-0.1, -0.05) is 19.9 Å². The van der Waals surface area contributed by atoms with Crippen LogP contribution in [0.4, 0.5) is 11.4 Å². The fourth-order valence-electron chi connectivity index (χ4n) is 2.50. The first kappa shape index (κ1) is 22.6. The van der Waals surface area contributed by atoms with E-state index in [1.54, 1.807) is 6.07 Å². The molecule has 6 heteroatoms. The highest BCUT2D eigenvalue weighted by molar-refractivity contribution is 5.93. The van der Waals surface area contributed by atoms with E-state index in [9.17, 15) is 4.79 Å². The molecule has 158 valence electrons. The number of carbonyl (C=O) groups excluding carboxylic acids is 1. The average Bonchev–Trinajstić information content (AvgIpc) is 2.71. The van der Waals surface area contributed by atoms with Gasteiger partial charge in [-0.15, -0.1) is 0 Å². The van der Waals surface area contributed by atoms with Gasteiger partial charge in [0.1, 0.15) is 18.1 Å². The zero-order valence-electron chi connectivity index (χ0n) is 17.6. The maximum absolute atomic E-state index is 12.2. The normalized spacial score (nSPS) is 10.6. The summed E-state index contributed by atoms with van der Waals surface area (Å²) in [6, 6.07) is 15.0. The molecule has 1 amide bonds. The van der Waals surface area contributed by atoms with E-state index < -0.39 is 0 Å². The molecule has 0 aliphatic rings. The fraction of sp³-hybridized carbons (Fsp3) is 0.435. The molecular weight excluding hydrogens is 368 g/mol. The van der Waals surface area contributed by atoms with Crippen molar-refractivity contribution in [3.8, 4) is 11.5 Å². The van der Waals surface area contributed by atoms with Crippen LogP contribution in [0.5, 0.6) is 11.5 Å². The summed E-state index contributed by atoms with van der Waals surface area (Å²) in [5.74, 6) is 2.02. The van der Waals surface area contributed by atoms with Gasteiger partial charge in [-0.3, -0.25) is 4.79 Å². The number of amides is 1. The largest absolute Gasteiger partial charge is 0.494 e. The lowest BCUT2D eigenvalue weighted by atomic mass is 10.1. The first-order chi connectivity index (χ1) is 14.1. The number of ether oxygens (including phenoxy) is 3. The molecule has 0 aliphatic carbocycles. The van der Waals surface area contributed by atoms with Crippen LogP contribution in [0.1, 0.15) is 27.2 Å². The quantitative estimate of drug-likeness (QED) is 0.482. The molecule has 2 aromatic rings. The number of nitrogens with one attached hydrogen (secondary N) is 2. The van der Waals surface area contributed by atoms with Crippen LogP contribution in [0.25, 0.3) is 0 Å². The number of benzene rings is 2. The van der Waals surface area contributed by atoms with Crippen molar-refractivity contribution in [1.29, 1.82) is 0 Å². The van der Waals surface area contributed by atoms with Gasteiger partial charge in [-0.05, 0) is 55.7 Å². The molecule has 0 aromatic heterocycles. The third-order valence-corrected chi connectivity index (χ3v) is 4.09. The third-order valence-electron chi connectivity index (χ3n) is 4.09. The van der Waals surface area contributed by atoms with Crippen molar-refractivity contribution in [3.05, 3.63) is 48.5 Å². The van der Waals surface area contributed by atoms with Crippen LogP contribution in [0.2, 0.25) is 0 Å². The molecule has 0 saturated carbocycles. The maximum Gasteiger partial charge on any atom is 0.243 e. The predicted molar refractivity (Wildman–Crippen MR) is 117 cm³/mol. The van der Waals surface area contributed by atoms with Crippen LogP contribution >= 0.6 is 0 Å². The summed E-state index contributed by atoms with van der Waals surface area (Å²) in [5.41, 5.74) is 1.56. The van der Waals surface area contributed by atoms with Crippen LogP contribution in [0, 0.1) is 5.92 Å². The van der Waals surface area contributed by atoms with Crippen LogP contribution in [0.15, 0.2) is 48.5 Å². The molecule has 2 rings (SSSR count). The van der Waals surface area contributed by atoms with E-state index in [0.29, 0.717) is 43.8 Å². The van der Waals surface area contributed by atoms with Crippen molar-refractivity contribution in [2.45, 2.75) is 27.2 Å². The Kier molecular flexibility index (Phi) is 9.86. The zero-order valence-corrected chi connectivity index (χ0v) is 17.6. The number of carbonyl (C=O) groups is 1. The van der Waals surface area contributed by atoms with Crippen molar-refractivity contribution in [2.75, 3.05) is 43.6 Å². The van der Waals surface area contributed by atoms with Crippen LogP contribution in [0.3, 0.4) is 0 Å². The van der Waals surface area contributed by atoms with Gasteiger partial charge in [0.15, 0.2) is 0 Å². The van der Waals surface area contributed by atoms with Gasteiger partial charge in [-0.25, -0.2) is 0 Å². The third kappa shape index (κ3) is 9.34. The molecule has 29 heavy (non-hydrogen) atoms. The summed E-state index contributed by atoms with van der Waals surface area (Å²) in [6.45, 7) is 8.86. The minimum Gasteiger partial charge on any atom is -0.494 e. The van der Waals surface area contributed by atoms with Crippen LogP contribution in [-0.4, -0.2) is 38.9 Å². The SMILES string of the molecule is CCOCCOc1cccc(NC(=O)CNc2ccc(OCCC(C)C)cc2)c1. The molecule has 0 heterocycles. The second kappa shape index (κ2) is 12.7. The molecule has 6 nitrogen and oxygen atoms in total. The Balaban J connectivity index is 1.74. The van der Waals surface area contributed by atoms with E-state index >= 15 is 0 Å². The molecule has 0 radical (unpaired) electrons. The summed E-state index contributed by atoms with van der Waals surface area (Å²) >= 11 is 0. The van der Waals surface area contributed by atoms with E-state index in [-0.39, 0.29) is 12.5 Å². The van der Waals surface area contributed by atoms with Gasteiger partial charge in [0, 0.05) is 24.0 Å². The van der Waals surface area contributed by atoms with Crippen LogP contribution in [-0.2, 0) is 9.53 Å². The lowest BCUT2D eigenvalue weighted by Crippen LogP contribution is -2.21. The molecule has 0 aliphatic heterocycles. The fourth-order valence-corrected chi connectivity index (χ4v) is 2.50. The van der Waals surface area contributed by atoms with Gasteiger partial charge in [0.2, 0.25) is 5.91 Å². The lowest BCUT2D eigenvalue weighted by Gasteiger charge is -2.11. The summed E-state index contributed by atoms with van der Waals surface area (Å²) in [5, 5.41) is 5.98. The smallest absolute Gasteiger partial charge is 0.243 e. The highest BCUT2D eigenvalue weighted by Gasteiger charge is 2.04. The molecule has 0 unspecified atom stereocenters. The van der Waals surface area contributed by atoms with Gasteiger partial charge in [0.25, 0.3) is 0 Å². The van der Waals surface area contributed by atoms with E-state index in [2.05, 4.69) is 24.5 Å². The number of anilines is 2. The first-order valence-electron chi connectivity index (χ1n) is 10.1. The molecular formula is C23H32N2O4. The topological polar surface area (TPSA) is 68.8 Å². The van der Waals surface area contributed by atoms with Gasteiger partial charge in [0.05, 0.1) is 19.8 Å². The van der Waals surface area contributed by atoms with Gasteiger partial charge < -0.3 is 24.8 Å².